The van der Waals surface area contributed by atoms with Gasteiger partial charge in [0.2, 0.25) is 0 Å². The second-order valence-electron chi connectivity index (χ2n) is 5.71. The highest BCUT2D eigenvalue weighted by Crippen LogP contribution is 2.20. The number of urea groups is 1. The molecule has 0 saturated carbocycles. The van der Waals surface area contributed by atoms with Crippen molar-refractivity contribution in [1.82, 2.24) is 14.4 Å². The third kappa shape index (κ3) is 2.77. The Labute approximate surface area is 148 Å². The van der Waals surface area contributed by atoms with Gasteiger partial charge in [0.15, 0.2) is 0 Å². The summed E-state index contributed by atoms with van der Waals surface area (Å²) < 4.78 is 1.68. The summed E-state index contributed by atoms with van der Waals surface area (Å²) >= 11 is 0. The maximum Gasteiger partial charge on any atom is 0.333 e. The average molecular weight is 352 g/mol. The molecule has 1 saturated heterocycles. The molecule has 1 aliphatic rings. The molecule has 0 unspecified atom stereocenters. The summed E-state index contributed by atoms with van der Waals surface area (Å²) in [7, 11) is 2.61. The van der Waals surface area contributed by atoms with Gasteiger partial charge < -0.3 is 14.5 Å². The normalized spacial score (nSPS) is 14.8. The molecule has 0 spiro atoms. The molecule has 0 atom stereocenters. The van der Waals surface area contributed by atoms with Crippen LogP contribution in [0, 0.1) is 0 Å². The number of nitrogens with zero attached hydrogens (tertiary/aromatic N) is 3. The molecule has 1 aromatic heterocycles. The van der Waals surface area contributed by atoms with E-state index in [1.807, 2.05) is 0 Å². The molecular weight excluding hydrogens is 338 g/mol. The highest BCUT2D eigenvalue weighted by Gasteiger charge is 2.37. The molecular formula is C18H14N3O5-. The van der Waals surface area contributed by atoms with Crippen molar-refractivity contribution in [2.24, 2.45) is 0 Å². The molecule has 1 aliphatic heterocycles. The topological polar surface area (TPSA) is 103 Å². The number of aromatic carboxylic acids is 1. The van der Waals surface area contributed by atoms with Gasteiger partial charge in [0.1, 0.15) is 5.57 Å². The zero-order valence-electron chi connectivity index (χ0n) is 14.0. The fraction of sp³-hybridized carbons (Fsp3) is 0.111. The van der Waals surface area contributed by atoms with E-state index in [2.05, 4.69) is 0 Å². The fourth-order valence-corrected chi connectivity index (χ4v) is 2.63. The second kappa shape index (κ2) is 6.32. The van der Waals surface area contributed by atoms with Gasteiger partial charge in [-0.25, -0.2) is 4.79 Å². The van der Waals surface area contributed by atoms with Crippen LogP contribution in [0.1, 0.15) is 16.1 Å². The minimum Gasteiger partial charge on any atom is -0.545 e. The number of rotatable bonds is 3. The van der Waals surface area contributed by atoms with Gasteiger partial charge in [-0.2, -0.15) is 0 Å². The van der Waals surface area contributed by atoms with Crippen molar-refractivity contribution in [3.8, 4) is 5.69 Å². The van der Waals surface area contributed by atoms with Crippen molar-refractivity contribution in [3.63, 3.8) is 0 Å². The Bertz CT molecular complexity index is 929. The van der Waals surface area contributed by atoms with Crippen molar-refractivity contribution in [3.05, 3.63) is 59.4 Å². The first-order valence-corrected chi connectivity index (χ1v) is 7.62. The number of benzene rings is 1. The predicted molar refractivity (Wildman–Crippen MR) is 89.0 cm³/mol. The third-order valence-electron chi connectivity index (χ3n) is 4.10. The summed E-state index contributed by atoms with van der Waals surface area (Å²) in [6.07, 6.45) is 3.10. The summed E-state index contributed by atoms with van der Waals surface area (Å²) in [5, 5.41) is 10.8. The lowest BCUT2D eigenvalue weighted by Gasteiger charge is -2.28. The molecule has 0 N–H and O–H groups in total. The van der Waals surface area contributed by atoms with Crippen molar-refractivity contribution >= 4 is 29.9 Å². The minimum atomic E-state index is -1.28. The Morgan fingerprint density at radius 3 is 2.08 bits per heavy atom. The number of likely N-dealkylation sites (N-methyl/N-ethyl adjacent to an activating group) is 2. The highest BCUT2D eigenvalue weighted by atomic mass is 16.4. The number of carboxylic acids is 1. The van der Waals surface area contributed by atoms with E-state index < -0.39 is 23.8 Å². The summed E-state index contributed by atoms with van der Waals surface area (Å²) in [5.74, 6) is -2.64. The Morgan fingerprint density at radius 1 is 0.962 bits per heavy atom. The van der Waals surface area contributed by atoms with E-state index in [4.69, 9.17) is 0 Å². The monoisotopic (exact) mass is 352 g/mol. The van der Waals surface area contributed by atoms with E-state index in [1.165, 1.54) is 32.3 Å². The lowest BCUT2D eigenvalue weighted by Crippen LogP contribution is -2.52. The maximum atomic E-state index is 12.3. The van der Waals surface area contributed by atoms with Crippen LogP contribution in [-0.4, -0.2) is 52.3 Å². The SMILES string of the molecule is CN1C(=O)C(=Cc2cccn2-c2ccc(C(=O)[O-])cc2)C(=O)N(C)C1=O. The number of amides is 4. The quantitative estimate of drug-likeness (QED) is 0.583. The number of hydrogen-bond donors (Lipinski definition) is 0. The first-order valence-electron chi connectivity index (χ1n) is 7.62. The van der Waals surface area contributed by atoms with Gasteiger partial charge in [0.25, 0.3) is 11.8 Å². The molecule has 132 valence electrons. The number of carbonyl (C=O) groups excluding carboxylic acids is 4. The van der Waals surface area contributed by atoms with Gasteiger partial charge in [-0.3, -0.25) is 19.4 Å². The predicted octanol–water partition coefficient (Wildman–Crippen LogP) is 0.275. The van der Waals surface area contributed by atoms with Crippen molar-refractivity contribution in [1.29, 1.82) is 0 Å². The summed E-state index contributed by atoms with van der Waals surface area (Å²) in [4.78, 5) is 49.0. The summed E-state index contributed by atoms with van der Waals surface area (Å²) in [6, 6.07) is 8.69. The third-order valence-corrected chi connectivity index (χ3v) is 4.10. The van der Waals surface area contributed by atoms with Crippen molar-refractivity contribution < 1.29 is 24.3 Å². The molecule has 8 nitrogen and oxygen atoms in total. The average Bonchev–Trinajstić information content (AvgIpc) is 3.10. The molecule has 8 heteroatoms. The maximum absolute atomic E-state index is 12.3. The molecule has 2 aromatic rings. The van der Waals surface area contributed by atoms with Crippen molar-refractivity contribution in [2.75, 3.05) is 14.1 Å². The summed E-state index contributed by atoms with van der Waals surface area (Å²) in [5.41, 5.74) is 1.07. The lowest BCUT2D eigenvalue weighted by atomic mass is 10.1. The smallest absolute Gasteiger partial charge is 0.333 e. The van der Waals surface area contributed by atoms with Gasteiger partial charge in [-0.15, -0.1) is 0 Å². The van der Waals surface area contributed by atoms with Crippen LogP contribution in [0.4, 0.5) is 4.79 Å². The van der Waals surface area contributed by atoms with Crippen molar-refractivity contribution in [2.45, 2.75) is 0 Å². The molecule has 0 bridgehead atoms. The van der Waals surface area contributed by atoms with E-state index in [1.54, 1.807) is 35.0 Å². The van der Waals surface area contributed by atoms with Gasteiger partial charge >= 0.3 is 6.03 Å². The Balaban J connectivity index is 2.02. The van der Waals surface area contributed by atoms with Crippen LogP contribution in [0.25, 0.3) is 11.8 Å². The van der Waals surface area contributed by atoms with Gasteiger partial charge in [0.05, 0.1) is 5.97 Å². The second-order valence-corrected chi connectivity index (χ2v) is 5.71. The highest BCUT2D eigenvalue weighted by molar-refractivity contribution is 6.30. The van der Waals surface area contributed by atoms with Crippen LogP contribution in [0.3, 0.4) is 0 Å². The summed E-state index contributed by atoms with van der Waals surface area (Å²) in [6.45, 7) is 0. The number of carbonyl (C=O) groups is 4. The van der Waals surface area contributed by atoms with E-state index >= 15 is 0 Å². The van der Waals surface area contributed by atoms with E-state index in [9.17, 15) is 24.3 Å². The molecule has 3 rings (SSSR count). The van der Waals surface area contributed by atoms with Crippen LogP contribution in [0.5, 0.6) is 0 Å². The van der Waals surface area contributed by atoms with E-state index in [0.717, 1.165) is 9.80 Å². The van der Waals surface area contributed by atoms with Gasteiger partial charge in [0, 0.05) is 31.7 Å². The number of imide groups is 2. The first-order chi connectivity index (χ1) is 12.3. The largest absolute Gasteiger partial charge is 0.545 e. The molecule has 1 fully saturated rings. The molecule has 1 aromatic carbocycles. The number of barbiturate groups is 1. The number of carboxylic acid groups (broad SMARTS) is 1. The zero-order valence-corrected chi connectivity index (χ0v) is 14.0. The zero-order chi connectivity index (χ0) is 19.0. The number of hydrogen-bond acceptors (Lipinski definition) is 5. The molecule has 26 heavy (non-hydrogen) atoms. The standard InChI is InChI=1S/C18H15N3O5/c1-19-15(22)14(16(23)20(2)18(19)26)10-13-4-3-9-21(13)12-7-5-11(6-8-12)17(24)25/h3-10H,1-2H3,(H,24,25)/p-1. The van der Waals surface area contributed by atoms with Crippen LogP contribution in [0.2, 0.25) is 0 Å². The van der Waals surface area contributed by atoms with Crippen LogP contribution < -0.4 is 5.11 Å². The first kappa shape index (κ1) is 17.2. The van der Waals surface area contributed by atoms with Gasteiger partial charge in [-0.1, -0.05) is 12.1 Å². The number of aromatic nitrogens is 1. The molecule has 2 heterocycles. The van der Waals surface area contributed by atoms with Crippen LogP contribution >= 0.6 is 0 Å². The minimum absolute atomic E-state index is 0.0419. The molecule has 0 aliphatic carbocycles. The van der Waals surface area contributed by atoms with E-state index in [-0.39, 0.29) is 11.1 Å². The Hall–Kier alpha value is -3.68. The molecule has 4 amide bonds. The molecule has 0 radical (unpaired) electrons. The lowest BCUT2D eigenvalue weighted by molar-refractivity contribution is -0.255. The van der Waals surface area contributed by atoms with E-state index in [0.29, 0.717) is 11.4 Å². The van der Waals surface area contributed by atoms with Gasteiger partial charge in [-0.05, 0) is 35.9 Å². The van der Waals surface area contributed by atoms with Crippen LogP contribution in [0.15, 0.2) is 48.2 Å². The van der Waals surface area contributed by atoms with Crippen LogP contribution in [-0.2, 0) is 9.59 Å². The Morgan fingerprint density at radius 2 is 1.54 bits per heavy atom. The Kier molecular flexibility index (Phi) is 4.17. The fourth-order valence-electron chi connectivity index (χ4n) is 2.63.